The van der Waals surface area contributed by atoms with Gasteiger partial charge in [-0.3, -0.25) is 4.48 Å². The quantitative estimate of drug-likeness (QED) is 0.278. The first-order valence-electron chi connectivity index (χ1n) is 11.5. The van der Waals surface area contributed by atoms with Gasteiger partial charge in [-0.25, -0.2) is 0 Å². The van der Waals surface area contributed by atoms with E-state index in [2.05, 4.69) is 79.0 Å². The SMILES string of the molecule is CC(C)Cc1cccc(OCl)c1CC(C)C.CCOC(c1ccccc1)[N+](C)(C)CC. The topological polar surface area (TPSA) is 18.5 Å². The minimum Gasteiger partial charge on any atom is -0.385 e. The van der Waals surface area contributed by atoms with E-state index >= 15 is 0 Å². The lowest BCUT2D eigenvalue weighted by Gasteiger charge is -2.36. The average molecular weight is 449 g/mol. The third-order valence-corrected chi connectivity index (χ3v) is 5.58. The molecule has 0 aliphatic carbocycles. The van der Waals surface area contributed by atoms with Gasteiger partial charge in [-0.2, -0.15) is 0 Å². The van der Waals surface area contributed by atoms with Crippen molar-refractivity contribution in [3.8, 4) is 5.75 Å². The average Bonchev–Trinajstić information content (AvgIpc) is 2.73. The van der Waals surface area contributed by atoms with E-state index in [4.69, 9.17) is 20.9 Å². The Labute approximate surface area is 196 Å². The van der Waals surface area contributed by atoms with Gasteiger partial charge in [-0.05, 0) is 55.7 Å². The fraction of sp³-hybridized carbons (Fsp3) is 0.556. The molecule has 1 unspecified atom stereocenters. The number of rotatable bonds is 10. The van der Waals surface area contributed by atoms with Crippen molar-refractivity contribution in [2.45, 2.75) is 60.6 Å². The van der Waals surface area contributed by atoms with Gasteiger partial charge in [0, 0.05) is 5.56 Å². The first kappa shape index (κ1) is 27.5. The summed E-state index contributed by atoms with van der Waals surface area (Å²) >= 11 is 5.52. The summed E-state index contributed by atoms with van der Waals surface area (Å²) in [4.78, 5) is 0. The molecule has 0 spiro atoms. The molecule has 0 heterocycles. The summed E-state index contributed by atoms with van der Waals surface area (Å²) in [5.74, 6) is 2.07. The van der Waals surface area contributed by atoms with Crippen molar-refractivity contribution in [3.05, 3.63) is 65.2 Å². The molecule has 0 amide bonds. The summed E-state index contributed by atoms with van der Waals surface area (Å²) in [6, 6.07) is 16.6. The Bertz CT molecular complexity index is 744. The van der Waals surface area contributed by atoms with Crippen LogP contribution in [-0.4, -0.2) is 31.7 Å². The lowest BCUT2D eigenvalue weighted by Crippen LogP contribution is -2.44. The van der Waals surface area contributed by atoms with E-state index in [9.17, 15) is 0 Å². The second kappa shape index (κ2) is 13.8. The number of hydrogen-bond acceptors (Lipinski definition) is 2. The molecular formula is C27H43ClNO2+. The minimum atomic E-state index is 0.140. The maximum atomic E-state index is 5.86. The van der Waals surface area contributed by atoms with Gasteiger partial charge in [-0.15, -0.1) is 0 Å². The number of halogens is 1. The van der Waals surface area contributed by atoms with E-state index in [1.807, 2.05) is 25.1 Å². The van der Waals surface area contributed by atoms with Crippen molar-refractivity contribution in [1.82, 2.24) is 0 Å². The summed E-state index contributed by atoms with van der Waals surface area (Å²) in [5, 5.41) is 0. The van der Waals surface area contributed by atoms with Crippen LogP contribution in [-0.2, 0) is 17.6 Å². The van der Waals surface area contributed by atoms with Crippen molar-refractivity contribution >= 4 is 11.9 Å². The first-order valence-corrected chi connectivity index (χ1v) is 11.9. The molecule has 0 saturated heterocycles. The van der Waals surface area contributed by atoms with Crippen LogP contribution in [0.15, 0.2) is 48.5 Å². The van der Waals surface area contributed by atoms with Crippen molar-refractivity contribution in [2.24, 2.45) is 11.8 Å². The smallest absolute Gasteiger partial charge is 0.219 e. The Morgan fingerprint density at radius 3 is 1.94 bits per heavy atom. The van der Waals surface area contributed by atoms with Gasteiger partial charge in [0.15, 0.2) is 0 Å². The van der Waals surface area contributed by atoms with Gasteiger partial charge in [0.25, 0.3) is 0 Å². The van der Waals surface area contributed by atoms with E-state index in [0.717, 1.165) is 36.2 Å². The zero-order valence-electron chi connectivity index (χ0n) is 20.8. The summed E-state index contributed by atoms with van der Waals surface area (Å²) in [6.45, 7) is 14.9. The second-order valence-electron chi connectivity index (χ2n) is 9.48. The van der Waals surface area contributed by atoms with Crippen molar-refractivity contribution in [2.75, 3.05) is 27.2 Å². The molecule has 2 aromatic carbocycles. The fourth-order valence-electron chi connectivity index (χ4n) is 3.60. The van der Waals surface area contributed by atoms with Gasteiger partial charge in [-0.1, -0.05) is 70.2 Å². The van der Waals surface area contributed by atoms with Crippen LogP contribution in [0.25, 0.3) is 0 Å². The molecule has 0 fully saturated rings. The van der Waals surface area contributed by atoms with Crippen LogP contribution in [0, 0.1) is 11.8 Å². The molecule has 31 heavy (non-hydrogen) atoms. The Kier molecular flexibility index (Phi) is 12.2. The predicted octanol–water partition coefficient (Wildman–Crippen LogP) is 7.43. The predicted molar refractivity (Wildman–Crippen MR) is 133 cm³/mol. The molecule has 0 saturated carbocycles. The highest BCUT2D eigenvalue weighted by molar-refractivity contribution is 6.09. The Balaban J connectivity index is 0.000000311. The molecule has 0 aromatic heterocycles. The molecule has 2 aromatic rings. The largest absolute Gasteiger partial charge is 0.385 e. The lowest BCUT2D eigenvalue weighted by atomic mass is 9.92. The molecule has 0 aliphatic rings. The van der Waals surface area contributed by atoms with Crippen LogP contribution in [0.1, 0.15) is 64.5 Å². The van der Waals surface area contributed by atoms with E-state index in [1.165, 1.54) is 16.7 Å². The van der Waals surface area contributed by atoms with Gasteiger partial charge in [0.05, 0.1) is 27.2 Å². The highest BCUT2D eigenvalue weighted by atomic mass is 35.5. The molecular weight excluding hydrogens is 406 g/mol. The molecule has 174 valence electrons. The molecule has 0 radical (unpaired) electrons. The third kappa shape index (κ3) is 9.22. The molecule has 0 aliphatic heterocycles. The molecule has 1 atom stereocenters. The lowest BCUT2D eigenvalue weighted by molar-refractivity contribution is -0.943. The van der Waals surface area contributed by atoms with Crippen LogP contribution < -0.4 is 4.29 Å². The minimum absolute atomic E-state index is 0.140. The Morgan fingerprint density at radius 2 is 1.45 bits per heavy atom. The van der Waals surface area contributed by atoms with E-state index < -0.39 is 0 Å². The van der Waals surface area contributed by atoms with E-state index in [-0.39, 0.29) is 6.23 Å². The standard InChI is InChI=1S/C14H21ClO.C13H22NO/c1-10(2)8-12-6-5-7-14(16-15)13(12)9-11(3)4;1-5-14(3,4)13(15-6-2)12-10-8-7-9-11-12/h5-7,10-11H,8-9H2,1-4H3;7-11,13H,5-6H2,1-4H3/q;+1. The Hall–Kier alpha value is -1.55. The zero-order valence-corrected chi connectivity index (χ0v) is 21.6. The van der Waals surface area contributed by atoms with Crippen LogP contribution in [0.3, 0.4) is 0 Å². The van der Waals surface area contributed by atoms with Gasteiger partial charge >= 0.3 is 0 Å². The van der Waals surface area contributed by atoms with Crippen molar-refractivity contribution in [1.29, 1.82) is 0 Å². The molecule has 0 N–H and O–H groups in total. The van der Waals surface area contributed by atoms with Crippen molar-refractivity contribution in [3.63, 3.8) is 0 Å². The number of quaternary nitrogens is 1. The summed E-state index contributed by atoms with van der Waals surface area (Å²) < 4.78 is 11.7. The van der Waals surface area contributed by atoms with Gasteiger partial charge in [0.2, 0.25) is 6.23 Å². The van der Waals surface area contributed by atoms with Crippen LogP contribution in [0.2, 0.25) is 0 Å². The van der Waals surface area contributed by atoms with Gasteiger partial charge in [0.1, 0.15) is 17.6 Å². The summed E-state index contributed by atoms with van der Waals surface area (Å²) in [5.41, 5.74) is 3.88. The molecule has 2 rings (SSSR count). The summed E-state index contributed by atoms with van der Waals surface area (Å²) in [7, 11) is 4.40. The third-order valence-electron chi connectivity index (χ3n) is 5.41. The van der Waals surface area contributed by atoms with E-state index in [0.29, 0.717) is 11.8 Å². The van der Waals surface area contributed by atoms with Crippen LogP contribution >= 0.6 is 11.9 Å². The van der Waals surface area contributed by atoms with Crippen LogP contribution in [0.4, 0.5) is 0 Å². The number of nitrogens with zero attached hydrogens (tertiary/aromatic N) is 1. The second-order valence-corrected chi connectivity index (χ2v) is 9.63. The molecule has 0 bridgehead atoms. The monoisotopic (exact) mass is 448 g/mol. The van der Waals surface area contributed by atoms with Crippen LogP contribution in [0.5, 0.6) is 5.75 Å². The maximum absolute atomic E-state index is 5.86. The highest BCUT2D eigenvalue weighted by Gasteiger charge is 2.28. The molecule has 3 nitrogen and oxygen atoms in total. The maximum Gasteiger partial charge on any atom is 0.219 e. The van der Waals surface area contributed by atoms with Crippen molar-refractivity contribution < 1.29 is 13.5 Å². The number of ether oxygens (including phenoxy) is 1. The number of hydrogen-bond donors (Lipinski definition) is 0. The fourth-order valence-corrected chi connectivity index (χ4v) is 3.74. The van der Waals surface area contributed by atoms with Gasteiger partial charge < -0.3 is 9.03 Å². The highest BCUT2D eigenvalue weighted by Crippen LogP contribution is 2.28. The number of benzene rings is 2. The zero-order chi connectivity index (χ0) is 23.4. The Morgan fingerprint density at radius 1 is 0.839 bits per heavy atom. The molecule has 4 heteroatoms. The summed E-state index contributed by atoms with van der Waals surface area (Å²) in [6.07, 6.45) is 2.24. The normalized spacial score (nSPS) is 12.5. The van der Waals surface area contributed by atoms with E-state index in [1.54, 1.807) is 0 Å². The first-order chi connectivity index (χ1) is 14.7.